The lowest BCUT2D eigenvalue weighted by Gasteiger charge is -2.29. The van der Waals surface area contributed by atoms with Crippen molar-refractivity contribution in [3.05, 3.63) is 254 Å². The summed E-state index contributed by atoms with van der Waals surface area (Å²) in [4.78, 5) is 4.68. The SMILES string of the molecule is N#Cc1ccc(N(c2ccc3c(c2)c2ccccc2n3-c2ccccc2)c2ccc3ccc4c(N(c5ccc(C#N)cc5)c5ccc6c(c5)c5ccccc5n6-c5ccccc5)ccc5ccc2c3c54)cc1. The second-order valence-corrected chi connectivity index (χ2v) is 18.4. The van der Waals surface area contributed by atoms with Crippen LogP contribution in [0.3, 0.4) is 0 Å². The number of hydrogen-bond acceptors (Lipinski definition) is 4. The van der Waals surface area contributed by atoms with Gasteiger partial charge in [0.25, 0.3) is 0 Å². The summed E-state index contributed by atoms with van der Waals surface area (Å²) >= 11 is 0. The van der Waals surface area contributed by atoms with E-state index >= 15 is 0 Å². The Hall–Kier alpha value is -10.1. The molecule has 6 heteroatoms. The standard InChI is InChI=1S/C66H40N6/c67-41-43-19-27-49(28-20-43)69(51-31-37-63-57(39-51)53-15-7-9-17-59(53)71(63)47-11-3-1-4-12-47)61-35-25-45-24-34-56-62(36-26-46-23-33-55(61)65(45)66(46)56)70(50-29-21-44(42-68)22-30-50)52-32-38-64-58(40-52)54-16-8-10-18-60(54)72(64)48-13-5-2-6-14-48/h1-40H. The molecule has 0 spiro atoms. The Labute approximate surface area is 414 Å². The highest BCUT2D eigenvalue weighted by Crippen LogP contribution is 2.49. The molecule has 2 heterocycles. The lowest BCUT2D eigenvalue weighted by molar-refractivity contribution is 1.18. The Morgan fingerprint density at radius 3 is 1.07 bits per heavy atom. The van der Waals surface area contributed by atoms with Crippen LogP contribution >= 0.6 is 0 Å². The van der Waals surface area contributed by atoms with Crippen molar-refractivity contribution in [2.45, 2.75) is 0 Å². The fourth-order valence-electron chi connectivity index (χ4n) is 11.3. The largest absolute Gasteiger partial charge is 0.310 e. The average Bonchev–Trinajstić information content (AvgIpc) is 3.96. The van der Waals surface area contributed by atoms with Crippen LogP contribution < -0.4 is 9.80 Å². The zero-order valence-corrected chi connectivity index (χ0v) is 38.8. The summed E-state index contributed by atoms with van der Waals surface area (Å²) in [6.45, 7) is 0. The van der Waals surface area contributed by atoms with Crippen molar-refractivity contribution < 1.29 is 0 Å². The topological polar surface area (TPSA) is 63.9 Å². The third kappa shape index (κ3) is 6.27. The first-order chi connectivity index (χ1) is 35.6. The van der Waals surface area contributed by atoms with Gasteiger partial charge in [0.2, 0.25) is 0 Å². The Balaban J connectivity index is 0.990. The average molecular weight is 917 g/mol. The minimum Gasteiger partial charge on any atom is -0.310 e. The summed E-state index contributed by atoms with van der Waals surface area (Å²) in [6.07, 6.45) is 0. The molecule has 0 aliphatic carbocycles. The van der Waals surface area contributed by atoms with E-state index in [2.05, 4.69) is 249 Å². The van der Waals surface area contributed by atoms with E-state index < -0.39 is 0 Å². The van der Waals surface area contributed by atoms with E-state index in [0.29, 0.717) is 11.1 Å². The number of para-hydroxylation sites is 4. The molecule has 334 valence electrons. The Bertz CT molecular complexity index is 4230. The quantitative estimate of drug-likeness (QED) is 0.142. The predicted molar refractivity (Wildman–Crippen MR) is 298 cm³/mol. The van der Waals surface area contributed by atoms with E-state index in [1.54, 1.807) is 0 Å². The van der Waals surface area contributed by atoms with Crippen LogP contribution in [0.5, 0.6) is 0 Å². The minimum absolute atomic E-state index is 0.607. The van der Waals surface area contributed by atoms with Gasteiger partial charge in [-0.15, -0.1) is 0 Å². The van der Waals surface area contributed by atoms with Gasteiger partial charge in [0.15, 0.2) is 0 Å². The molecule has 6 nitrogen and oxygen atoms in total. The van der Waals surface area contributed by atoms with Crippen molar-refractivity contribution in [3.63, 3.8) is 0 Å². The molecule has 0 amide bonds. The van der Waals surface area contributed by atoms with Gasteiger partial charge in [-0.2, -0.15) is 10.5 Å². The number of hydrogen-bond donors (Lipinski definition) is 0. The highest BCUT2D eigenvalue weighted by molar-refractivity contribution is 6.28. The predicted octanol–water partition coefficient (Wildman–Crippen LogP) is 17.5. The number of benzene rings is 12. The summed E-state index contributed by atoms with van der Waals surface area (Å²) in [5.74, 6) is 0. The van der Waals surface area contributed by atoms with Crippen molar-refractivity contribution in [1.29, 1.82) is 10.5 Å². The van der Waals surface area contributed by atoms with Crippen LogP contribution in [0, 0.1) is 22.7 Å². The molecule has 14 rings (SSSR count). The molecule has 0 atom stereocenters. The van der Waals surface area contributed by atoms with E-state index in [4.69, 9.17) is 0 Å². The lowest BCUT2D eigenvalue weighted by Crippen LogP contribution is -2.11. The third-order valence-electron chi connectivity index (χ3n) is 14.5. The van der Waals surface area contributed by atoms with Gasteiger partial charge in [-0.05, 0) is 155 Å². The summed E-state index contributed by atoms with van der Waals surface area (Å²) in [5.41, 5.74) is 14.0. The fraction of sp³-hybridized carbons (Fsp3) is 0. The maximum atomic E-state index is 9.89. The van der Waals surface area contributed by atoms with Gasteiger partial charge < -0.3 is 18.9 Å². The first kappa shape index (κ1) is 40.9. The van der Waals surface area contributed by atoms with Crippen molar-refractivity contribution in [2.24, 2.45) is 0 Å². The molecule has 0 aliphatic heterocycles. The van der Waals surface area contributed by atoms with Crippen molar-refractivity contribution in [1.82, 2.24) is 9.13 Å². The molecule has 0 fully saturated rings. The molecule has 14 aromatic rings. The second kappa shape index (κ2) is 16.2. The molecule has 0 N–H and O–H groups in total. The molecule has 12 aromatic carbocycles. The maximum Gasteiger partial charge on any atom is 0.0991 e. The van der Waals surface area contributed by atoms with Crippen molar-refractivity contribution in [3.8, 4) is 23.5 Å². The summed E-state index contributed by atoms with van der Waals surface area (Å²) in [6, 6.07) is 90.4. The normalized spacial score (nSPS) is 11.6. The number of nitriles is 2. The fourth-order valence-corrected chi connectivity index (χ4v) is 11.3. The van der Waals surface area contributed by atoms with Gasteiger partial charge in [0.1, 0.15) is 0 Å². The molecular weight excluding hydrogens is 877 g/mol. The van der Waals surface area contributed by atoms with Crippen LogP contribution in [0.25, 0.3) is 87.3 Å². The highest BCUT2D eigenvalue weighted by atomic mass is 15.2. The monoisotopic (exact) mass is 916 g/mol. The van der Waals surface area contributed by atoms with Gasteiger partial charge >= 0.3 is 0 Å². The van der Waals surface area contributed by atoms with Crippen molar-refractivity contribution in [2.75, 3.05) is 9.80 Å². The Morgan fingerprint density at radius 1 is 0.292 bits per heavy atom. The van der Waals surface area contributed by atoms with Gasteiger partial charge in [0.05, 0.1) is 56.7 Å². The van der Waals surface area contributed by atoms with Crippen LogP contribution in [0.15, 0.2) is 243 Å². The first-order valence-electron chi connectivity index (χ1n) is 24.1. The van der Waals surface area contributed by atoms with Gasteiger partial charge in [0, 0.05) is 66.4 Å². The minimum atomic E-state index is 0.607. The highest BCUT2D eigenvalue weighted by Gasteiger charge is 2.24. The summed E-state index contributed by atoms with van der Waals surface area (Å²) < 4.78 is 4.69. The summed E-state index contributed by atoms with van der Waals surface area (Å²) in [5, 5.41) is 31.3. The van der Waals surface area contributed by atoms with Crippen molar-refractivity contribution >= 4 is 110 Å². The molecule has 0 saturated heterocycles. The number of anilines is 6. The summed E-state index contributed by atoms with van der Waals surface area (Å²) in [7, 11) is 0. The first-order valence-corrected chi connectivity index (χ1v) is 24.1. The molecule has 0 unspecified atom stereocenters. The number of rotatable bonds is 8. The number of nitrogens with zero attached hydrogens (tertiary/aromatic N) is 6. The lowest BCUT2D eigenvalue weighted by atomic mass is 9.91. The number of aromatic nitrogens is 2. The molecule has 0 aliphatic rings. The van der Waals surface area contributed by atoms with Crippen LogP contribution in [0.4, 0.5) is 34.1 Å². The Morgan fingerprint density at radius 2 is 0.653 bits per heavy atom. The van der Waals surface area contributed by atoms with E-state index in [1.807, 2.05) is 24.3 Å². The second-order valence-electron chi connectivity index (χ2n) is 18.4. The van der Waals surface area contributed by atoms with E-state index in [0.717, 1.165) is 99.9 Å². The molecule has 2 aromatic heterocycles. The smallest absolute Gasteiger partial charge is 0.0991 e. The van der Waals surface area contributed by atoms with Gasteiger partial charge in [-0.3, -0.25) is 0 Å². The van der Waals surface area contributed by atoms with E-state index in [-0.39, 0.29) is 0 Å². The molecule has 0 saturated carbocycles. The van der Waals surface area contributed by atoms with Gasteiger partial charge in [-0.1, -0.05) is 109 Å². The molecule has 72 heavy (non-hydrogen) atoms. The molecule has 0 radical (unpaired) electrons. The molecule has 0 bridgehead atoms. The van der Waals surface area contributed by atoms with Crippen LogP contribution in [-0.2, 0) is 0 Å². The zero-order valence-electron chi connectivity index (χ0n) is 38.8. The van der Waals surface area contributed by atoms with Gasteiger partial charge in [-0.25, -0.2) is 0 Å². The van der Waals surface area contributed by atoms with E-state index in [1.165, 1.54) is 21.5 Å². The van der Waals surface area contributed by atoms with Crippen LogP contribution in [-0.4, -0.2) is 9.13 Å². The third-order valence-corrected chi connectivity index (χ3v) is 14.5. The van der Waals surface area contributed by atoms with E-state index in [9.17, 15) is 10.5 Å². The van der Waals surface area contributed by atoms with Crippen LogP contribution in [0.1, 0.15) is 11.1 Å². The van der Waals surface area contributed by atoms with Crippen LogP contribution in [0.2, 0.25) is 0 Å². The maximum absolute atomic E-state index is 9.89. The zero-order chi connectivity index (χ0) is 47.9. The molecular formula is C66H40N6. The number of fused-ring (bicyclic) bond motifs is 6. The Kier molecular flexibility index (Phi) is 9.23.